The fourth-order valence-electron chi connectivity index (χ4n) is 4.95. The topological polar surface area (TPSA) is 0 Å². The minimum atomic E-state index is 0.0496. The van der Waals surface area contributed by atoms with Crippen LogP contribution in [0.25, 0.3) is 22.3 Å². The van der Waals surface area contributed by atoms with Crippen molar-refractivity contribution in [2.24, 2.45) is 0 Å². The molecule has 124 valence electrons. The van der Waals surface area contributed by atoms with E-state index >= 15 is 0 Å². The Balaban J connectivity index is 1.86. The predicted octanol–water partition coefficient (Wildman–Crippen LogP) is 5.80. The van der Waals surface area contributed by atoms with Crippen molar-refractivity contribution in [2.75, 3.05) is 0 Å². The van der Waals surface area contributed by atoms with Crippen LogP contribution in [-0.4, -0.2) is 0 Å². The minimum absolute atomic E-state index is 0.0496. The van der Waals surface area contributed by atoms with Crippen LogP contribution < -0.4 is 5.30 Å². The van der Waals surface area contributed by atoms with Gasteiger partial charge in [-0.3, -0.25) is 0 Å². The highest BCUT2D eigenvalue weighted by molar-refractivity contribution is 7.27. The third-order valence-electron chi connectivity index (χ3n) is 6.40. The van der Waals surface area contributed by atoms with Gasteiger partial charge in [0.2, 0.25) is 0 Å². The standard InChI is InChI=1S/C24H23P/c1-23(2)19-8-6-5-7-15(19)17-12-22-18(13-21(17)23)16-10-9-14(25)11-20(16)24(22,3)4/h5-13H,25H2,1-4H3. The summed E-state index contributed by atoms with van der Waals surface area (Å²) in [6.07, 6.45) is 0. The van der Waals surface area contributed by atoms with E-state index < -0.39 is 0 Å². The molecular formula is C24H23P. The van der Waals surface area contributed by atoms with Crippen molar-refractivity contribution in [3.63, 3.8) is 0 Å². The third-order valence-corrected chi connectivity index (χ3v) is 6.76. The second kappa shape index (κ2) is 4.63. The Morgan fingerprint density at radius 1 is 0.560 bits per heavy atom. The lowest BCUT2D eigenvalue weighted by atomic mass is 9.79. The van der Waals surface area contributed by atoms with Crippen LogP contribution >= 0.6 is 9.24 Å². The van der Waals surface area contributed by atoms with Gasteiger partial charge in [-0.05, 0) is 61.9 Å². The minimum Gasteiger partial charge on any atom is -0.106 e. The van der Waals surface area contributed by atoms with Crippen LogP contribution in [0.3, 0.4) is 0 Å². The molecule has 3 aromatic rings. The van der Waals surface area contributed by atoms with Crippen LogP contribution in [0.4, 0.5) is 0 Å². The molecule has 0 saturated carbocycles. The first-order valence-corrected chi connectivity index (χ1v) is 9.59. The molecule has 1 atom stereocenters. The van der Waals surface area contributed by atoms with E-state index in [-0.39, 0.29) is 10.8 Å². The summed E-state index contributed by atoms with van der Waals surface area (Å²) in [6.45, 7) is 9.44. The Morgan fingerprint density at radius 2 is 1.08 bits per heavy atom. The van der Waals surface area contributed by atoms with Gasteiger partial charge >= 0.3 is 0 Å². The smallest absolute Gasteiger partial charge is 0.0159 e. The molecule has 0 nitrogen and oxygen atoms in total. The van der Waals surface area contributed by atoms with Crippen LogP contribution in [0.1, 0.15) is 49.9 Å². The highest BCUT2D eigenvalue weighted by atomic mass is 31.0. The molecule has 0 aliphatic heterocycles. The molecule has 1 unspecified atom stereocenters. The zero-order valence-corrected chi connectivity index (χ0v) is 16.4. The van der Waals surface area contributed by atoms with Gasteiger partial charge in [-0.2, -0.15) is 0 Å². The molecule has 25 heavy (non-hydrogen) atoms. The lowest BCUT2D eigenvalue weighted by Gasteiger charge is -2.24. The van der Waals surface area contributed by atoms with Gasteiger partial charge < -0.3 is 0 Å². The average molecular weight is 342 g/mol. The number of rotatable bonds is 0. The Morgan fingerprint density at radius 3 is 1.76 bits per heavy atom. The summed E-state index contributed by atoms with van der Waals surface area (Å²) in [6, 6.07) is 20.7. The van der Waals surface area contributed by atoms with Gasteiger partial charge in [-0.25, -0.2) is 0 Å². The fourth-order valence-corrected chi connectivity index (χ4v) is 5.21. The number of hydrogen-bond acceptors (Lipinski definition) is 0. The van der Waals surface area contributed by atoms with Crippen molar-refractivity contribution >= 4 is 14.5 Å². The molecular weight excluding hydrogens is 319 g/mol. The van der Waals surface area contributed by atoms with E-state index in [0.717, 1.165) is 0 Å². The van der Waals surface area contributed by atoms with Gasteiger partial charge in [0.05, 0.1) is 0 Å². The summed E-state index contributed by atoms with van der Waals surface area (Å²) >= 11 is 0. The zero-order valence-electron chi connectivity index (χ0n) is 15.3. The van der Waals surface area contributed by atoms with E-state index in [0.29, 0.717) is 0 Å². The van der Waals surface area contributed by atoms with E-state index in [2.05, 4.69) is 91.5 Å². The largest absolute Gasteiger partial charge is 0.106 e. The highest BCUT2D eigenvalue weighted by Crippen LogP contribution is 2.55. The molecule has 0 amide bonds. The maximum atomic E-state index is 2.84. The second-order valence-corrected chi connectivity index (χ2v) is 9.21. The summed E-state index contributed by atoms with van der Waals surface area (Å²) in [7, 11) is 2.84. The van der Waals surface area contributed by atoms with Crippen molar-refractivity contribution in [3.8, 4) is 22.3 Å². The molecule has 0 saturated heterocycles. The molecule has 0 bridgehead atoms. The molecule has 0 spiro atoms. The normalized spacial score (nSPS) is 17.6. The Hall–Kier alpha value is -1.91. The third kappa shape index (κ3) is 1.81. The summed E-state index contributed by atoms with van der Waals surface area (Å²) < 4.78 is 0. The van der Waals surface area contributed by atoms with Crippen molar-refractivity contribution in [3.05, 3.63) is 76.9 Å². The van der Waals surface area contributed by atoms with Crippen molar-refractivity contribution < 1.29 is 0 Å². The van der Waals surface area contributed by atoms with Gasteiger partial charge in [0.15, 0.2) is 0 Å². The van der Waals surface area contributed by atoms with Crippen molar-refractivity contribution in [1.82, 2.24) is 0 Å². The molecule has 0 N–H and O–H groups in total. The lowest BCUT2D eigenvalue weighted by Crippen LogP contribution is -2.17. The van der Waals surface area contributed by atoms with E-state index in [1.54, 1.807) is 0 Å². The van der Waals surface area contributed by atoms with Crippen LogP contribution in [0.2, 0.25) is 0 Å². The molecule has 0 fully saturated rings. The second-order valence-electron chi connectivity index (χ2n) is 8.54. The molecule has 0 radical (unpaired) electrons. The Bertz CT molecular complexity index is 1050. The molecule has 2 aliphatic rings. The van der Waals surface area contributed by atoms with Gasteiger partial charge in [-0.15, -0.1) is 9.24 Å². The van der Waals surface area contributed by atoms with Gasteiger partial charge in [0, 0.05) is 10.8 Å². The molecule has 2 aliphatic carbocycles. The number of benzene rings is 3. The zero-order chi connectivity index (χ0) is 17.6. The quantitative estimate of drug-likeness (QED) is 0.453. The monoisotopic (exact) mass is 342 g/mol. The average Bonchev–Trinajstić information content (AvgIpc) is 2.94. The van der Waals surface area contributed by atoms with Gasteiger partial charge in [0.25, 0.3) is 0 Å². The maximum Gasteiger partial charge on any atom is 0.0159 e. The first-order chi connectivity index (χ1) is 11.8. The van der Waals surface area contributed by atoms with Gasteiger partial charge in [0.1, 0.15) is 0 Å². The SMILES string of the molecule is CC1(C)c2ccccc2-c2cc3c(cc21)-c1ccc(P)cc1C3(C)C. The maximum absolute atomic E-state index is 2.84. The summed E-state index contributed by atoms with van der Waals surface area (Å²) in [5.41, 5.74) is 11.6. The van der Waals surface area contributed by atoms with Crippen LogP contribution in [0, 0.1) is 0 Å². The van der Waals surface area contributed by atoms with Crippen molar-refractivity contribution in [2.45, 2.75) is 38.5 Å². The molecule has 0 heterocycles. The fraction of sp³-hybridized carbons (Fsp3) is 0.250. The van der Waals surface area contributed by atoms with Crippen LogP contribution in [0.5, 0.6) is 0 Å². The number of fused-ring (bicyclic) bond motifs is 6. The lowest BCUT2D eigenvalue weighted by molar-refractivity contribution is 0.652. The summed E-state index contributed by atoms with van der Waals surface area (Å²) in [4.78, 5) is 0. The molecule has 3 aromatic carbocycles. The van der Waals surface area contributed by atoms with Crippen LogP contribution in [0.15, 0.2) is 54.6 Å². The molecule has 0 aromatic heterocycles. The Labute approximate surface area is 152 Å². The Kier molecular flexibility index (Phi) is 2.84. The van der Waals surface area contributed by atoms with E-state index in [1.807, 2.05) is 0 Å². The van der Waals surface area contributed by atoms with Crippen molar-refractivity contribution in [1.29, 1.82) is 0 Å². The van der Waals surface area contributed by atoms with Gasteiger partial charge in [-0.1, -0.05) is 70.2 Å². The van der Waals surface area contributed by atoms with Crippen LogP contribution in [-0.2, 0) is 10.8 Å². The van der Waals surface area contributed by atoms with E-state index in [9.17, 15) is 0 Å². The number of hydrogen-bond donors (Lipinski definition) is 0. The molecule has 1 heteroatoms. The van der Waals surface area contributed by atoms with E-state index in [4.69, 9.17) is 0 Å². The summed E-state index contributed by atoms with van der Waals surface area (Å²) in [5.74, 6) is 0. The molecule has 5 rings (SSSR count). The highest BCUT2D eigenvalue weighted by Gasteiger charge is 2.41. The summed E-state index contributed by atoms with van der Waals surface area (Å²) in [5, 5.41) is 1.26. The first kappa shape index (κ1) is 15.4. The van der Waals surface area contributed by atoms with E-state index in [1.165, 1.54) is 49.8 Å². The predicted molar refractivity (Wildman–Crippen MR) is 111 cm³/mol. The first-order valence-electron chi connectivity index (χ1n) is 9.01.